The van der Waals surface area contributed by atoms with E-state index in [1.54, 1.807) is 0 Å². The maximum Gasteiger partial charge on any atom is 0.243 e. The van der Waals surface area contributed by atoms with Gasteiger partial charge in [-0.3, -0.25) is 19.8 Å². The van der Waals surface area contributed by atoms with Crippen LogP contribution in [-0.2, 0) is 9.59 Å². The van der Waals surface area contributed by atoms with Gasteiger partial charge in [-0.25, -0.2) is 0 Å². The Balaban J connectivity index is 2.58. The van der Waals surface area contributed by atoms with Crippen molar-refractivity contribution in [1.29, 1.82) is 0 Å². The molecule has 0 spiro atoms. The van der Waals surface area contributed by atoms with Gasteiger partial charge in [0.2, 0.25) is 11.8 Å². The van der Waals surface area contributed by atoms with Crippen LogP contribution < -0.4 is 5.32 Å². The minimum atomic E-state index is -0.155. The number of rotatable bonds is 4. The van der Waals surface area contributed by atoms with Gasteiger partial charge in [-0.1, -0.05) is 19.8 Å². The second kappa shape index (κ2) is 5.26. The zero-order chi connectivity index (χ0) is 11.4. The van der Waals surface area contributed by atoms with Crippen LogP contribution in [0.3, 0.4) is 0 Å². The summed E-state index contributed by atoms with van der Waals surface area (Å²) in [4.78, 5) is 24.9. The Bertz CT molecular complexity index is 251. The molecule has 2 amide bonds. The summed E-state index contributed by atoms with van der Waals surface area (Å²) in [6.07, 6.45) is 3.69. The zero-order valence-corrected chi connectivity index (χ0v) is 9.75. The SMILES string of the molecule is CCCCC1CC(N(C)C)C(=O)NC1=O. The molecule has 15 heavy (non-hydrogen) atoms. The average Bonchev–Trinajstić information content (AvgIpc) is 2.16. The molecule has 0 saturated carbocycles. The van der Waals surface area contributed by atoms with Gasteiger partial charge >= 0.3 is 0 Å². The molecule has 1 heterocycles. The lowest BCUT2D eigenvalue weighted by atomic mass is 9.89. The van der Waals surface area contributed by atoms with E-state index in [4.69, 9.17) is 0 Å². The van der Waals surface area contributed by atoms with Gasteiger partial charge in [-0.2, -0.15) is 0 Å². The predicted octanol–water partition coefficient (Wildman–Crippen LogP) is 0.769. The van der Waals surface area contributed by atoms with Gasteiger partial charge < -0.3 is 0 Å². The van der Waals surface area contributed by atoms with Crippen molar-refractivity contribution in [3.05, 3.63) is 0 Å². The molecule has 1 fully saturated rings. The lowest BCUT2D eigenvalue weighted by Crippen LogP contribution is -2.53. The Morgan fingerprint density at radius 1 is 1.33 bits per heavy atom. The van der Waals surface area contributed by atoms with Gasteiger partial charge in [0.1, 0.15) is 0 Å². The third kappa shape index (κ3) is 3.02. The third-order valence-corrected chi connectivity index (χ3v) is 2.96. The van der Waals surface area contributed by atoms with Crippen molar-refractivity contribution in [2.45, 2.75) is 38.6 Å². The molecule has 2 atom stereocenters. The molecule has 0 aliphatic carbocycles. The van der Waals surface area contributed by atoms with Crippen molar-refractivity contribution in [2.75, 3.05) is 14.1 Å². The highest BCUT2D eigenvalue weighted by Crippen LogP contribution is 2.21. The number of piperidine rings is 1. The maximum atomic E-state index is 11.5. The van der Waals surface area contributed by atoms with E-state index < -0.39 is 0 Å². The van der Waals surface area contributed by atoms with Crippen LogP contribution in [0.25, 0.3) is 0 Å². The van der Waals surface area contributed by atoms with Crippen LogP contribution in [0, 0.1) is 5.92 Å². The van der Waals surface area contributed by atoms with Gasteiger partial charge in [0.05, 0.1) is 6.04 Å². The van der Waals surface area contributed by atoms with Crippen LogP contribution in [0.1, 0.15) is 32.6 Å². The van der Waals surface area contributed by atoms with E-state index in [9.17, 15) is 9.59 Å². The van der Waals surface area contributed by atoms with Crippen LogP contribution in [0.4, 0.5) is 0 Å². The van der Waals surface area contributed by atoms with Crippen molar-refractivity contribution in [3.8, 4) is 0 Å². The molecular formula is C11H20N2O2. The van der Waals surface area contributed by atoms with E-state index in [0.29, 0.717) is 6.42 Å². The Morgan fingerprint density at radius 3 is 2.53 bits per heavy atom. The zero-order valence-electron chi connectivity index (χ0n) is 9.75. The first-order valence-electron chi connectivity index (χ1n) is 5.57. The summed E-state index contributed by atoms with van der Waals surface area (Å²) in [5.74, 6) is -0.237. The molecular weight excluding hydrogens is 192 g/mol. The standard InChI is InChI=1S/C11H20N2O2/c1-4-5-6-8-7-9(13(2)3)11(15)12-10(8)14/h8-9H,4-7H2,1-3H3,(H,12,14,15). The summed E-state index contributed by atoms with van der Waals surface area (Å²) < 4.78 is 0. The first-order valence-corrected chi connectivity index (χ1v) is 5.57. The first kappa shape index (κ1) is 12.2. The van der Waals surface area contributed by atoms with Gasteiger partial charge in [0, 0.05) is 5.92 Å². The topological polar surface area (TPSA) is 49.4 Å². The van der Waals surface area contributed by atoms with E-state index in [1.165, 1.54) is 0 Å². The van der Waals surface area contributed by atoms with E-state index in [1.807, 2.05) is 19.0 Å². The number of nitrogens with zero attached hydrogens (tertiary/aromatic N) is 1. The number of likely N-dealkylation sites (N-methyl/N-ethyl adjacent to an activating group) is 1. The molecule has 4 nitrogen and oxygen atoms in total. The molecule has 4 heteroatoms. The quantitative estimate of drug-likeness (QED) is 0.700. The molecule has 2 unspecified atom stereocenters. The fourth-order valence-corrected chi connectivity index (χ4v) is 1.94. The van der Waals surface area contributed by atoms with E-state index in [2.05, 4.69) is 12.2 Å². The number of hydrogen-bond acceptors (Lipinski definition) is 3. The number of carbonyl (C=O) groups is 2. The van der Waals surface area contributed by atoms with Crippen molar-refractivity contribution < 1.29 is 9.59 Å². The molecule has 1 rings (SSSR count). The smallest absolute Gasteiger partial charge is 0.243 e. The second-order valence-corrected chi connectivity index (χ2v) is 4.41. The first-order chi connectivity index (χ1) is 7.06. The number of hydrogen-bond donors (Lipinski definition) is 1. The fourth-order valence-electron chi connectivity index (χ4n) is 1.94. The summed E-state index contributed by atoms with van der Waals surface area (Å²) in [5, 5.41) is 2.45. The van der Waals surface area contributed by atoms with E-state index >= 15 is 0 Å². The van der Waals surface area contributed by atoms with Crippen molar-refractivity contribution in [3.63, 3.8) is 0 Å². The monoisotopic (exact) mass is 212 g/mol. The van der Waals surface area contributed by atoms with Crippen LogP contribution in [0.15, 0.2) is 0 Å². The minimum absolute atomic E-state index is 0.00931. The molecule has 0 radical (unpaired) electrons. The molecule has 0 aromatic rings. The number of nitrogens with one attached hydrogen (secondary N) is 1. The molecule has 0 aromatic heterocycles. The molecule has 1 aliphatic heterocycles. The summed E-state index contributed by atoms with van der Waals surface area (Å²) in [6, 6.07) is -0.149. The highest BCUT2D eigenvalue weighted by atomic mass is 16.2. The Morgan fingerprint density at radius 2 is 2.00 bits per heavy atom. The normalized spacial score (nSPS) is 26.9. The lowest BCUT2D eigenvalue weighted by molar-refractivity contribution is -0.140. The predicted molar refractivity (Wildman–Crippen MR) is 58.3 cm³/mol. The summed E-state index contributed by atoms with van der Waals surface area (Å²) in [6.45, 7) is 2.11. The molecule has 0 aromatic carbocycles. The summed E-state index contributed by atoms with van der Waals surface area (Å²) >= 11 is 0. The van der Waals surface area contributed by atoms with Crippen molar-refractivity contribution >= 4 is 11.8 Å². The average molecular weight is 212 g/mol. The molecule has 0 bridgehead atoms. The molecule has 1 aliphatic rings. The van der Waals surface area contributed by atoms with Gasteiger partial charge in [-0.05, 0) is 26.9 Å². The number of carbonyl (C=O) groups excluding carboxylic acids is 2. The Labute approximate surface area is 91.0 Å². The Hall–Kier alpha value is -0.900. The van der Waals surface area contributed by atoms with Gasteiger partial charge in [-0.15, -0.1) is 0 Å². The highest BCUT2D eigenvalue weighted by Gasteiger charge is 2.34. The Kier molecular flexibility index (Phi) is 4.27. The minimum Gasteiger partial charge on any atom is -0.298 e. The maximum absolute atomic E-state index is 11.5. The molecule has 1 N–H and O–H groups in total. The fraction of sp³-hybridized carbons (Fsp3) is 0.818. The lowest BCUT2D eigenvalue weighted by Gasteiger charge is -2.31. The summed E-state index contributed by atoms with van der Waals surface area (Å²) in [5.41, 5.74) is 0. The number of amides is 2. The van der Waals surface area contributed by atoms with Crippen molar-refractivity contribution in [2.24, 2.45) is 5.92 Å². The highest BCUT2D eigenvalue weighted by molar-refractivity contribution is 6.01. The van der Waals surface area contributed by atoms with Crippen LogP contribution in [0.5, 0.6) is 0 Å². The van der Waals surface area contributed by atoms with E-state index in [0.717, 1.165) is 19.3 Å². The largest absolute Gasteiger partial charge is 0.298 e. The van der Waals surface area contributed by atoms with Gasteiger partial charge in [0.15, 0.2) is 0 Å². The van der Waals surface area contributed by atoms with E-state index in [-0.39, 0.29) is 23.8 Å². The van der Waals surface area contributed by atoms with Crippen LogP contribution in [-0.4, -0.2) is 36.9 Å². The van der Waals surface area contributed by atoms with Crippen molar-refractivity contribution in [1.82, 2.24) is 10.2 Å². The second-order valence-electron chi connectivity index (χ2n) is 4.41. The number of imide groups is 1. The summed E-state index contributed by atoms with van der Waals surface area (Å²) in [7, 11) is 3.74. The number of unbranched alkanes of at least 4 members (excludes halogenated alkanes) is 1. The van der Waals surface area contributed by atoms with Crippen LogP contribution in [0.2, 0.25) is 0 Å². The third-order valence-electron chi connectivity index (χ3n) is 2.96. The van der Waals surface area contributed by atoms with Gasteiger partial charge in [0.25, 0.3) is 0 Å². The molecule has 86 valence electrons. The molecule has 1 saturated heterocycles. The van der Waals surface area contributed by atoms with Crippen LogP contribution >= 0.6 is 0 Å².